The van der Waals surface area contributed by atoms with Gasteiger partial charge in [0.15, 0.2) is 0 Å². The van der Waals surface area contributed by atoms with Gasteiger partial charge in [-0.2, -0.15) is 0 Å². The van der Waals surface area contributed by atoms with E-state index in [4.69, 9.17) is 4.74 Å². The minimum absolute atomic E-state index is 0.0283. The van der Waals surface area contributed by atoms with Crippen molar-refractivity contribution in [3.63, 3.8) is 0 Å². The number of ether oxygens (including phenoxy) is 1. The van der Waals surface area contributed by atoms with Gasteiger partial charge in [0.2, 0.25) is 0 Å². The number of methoxy groups -OCH3 is 1. The average molecular weight is 224 g/mol. The summed E-state index contributed by atoms with van der Waals surface area (Å²) >= 11 is 0. The van der Waals surface area contributed by atoms with Crippen LogP contribution < -0.4 is 0 Å². The molecule has 0 radical (unpaired) electrons. The van der Waals surface area contributed by atoms with Crippen molar-refractivity contribution >= 4 is 5.97 Å². The topological polar surface area (TPSA) is 46.5 Å². The number of rotatable bonds is 2. The Hall–Kier alpha value is -0.570. The quantitative estimate of drug-likeness (QED) is 0.727. The van der Waals surface area contributed by atoms with E-state index in [2.05, 4.69) is 0 Å². The number of hydrogen-bond donors (Lipinski definition) is 1. The molecule has 4 bridgehead atoms. The molecule has 4 aliphatic rings. The van der Waals surface area contributed by atoms with Crippen molar-refractivity contribution in [2.75, 3.05) is 13.7 Å². The molecule has 1 N–H and O–H groups in total. The monoisotopic (exact) mass is 224 g/mol. The van der Waals surface area contributed by atoms with Crippen LogP contribution >= 0.6 is 0 Å². The fourth-order valence-corrected chi connectivity index (χ4v) is 5.09. The molecule has 4 rings (SSSR count). The minimum atomic E-state index is -0.248. The largest absolute Gasteiger partial charge is 0.469 e. The second kappa shape index (κ2) is 3.22. The van der Waals surface area contributed by atoms with Crippen LogP contribution in [0.25, 0.3) is 0 Å². The first-order valence-corrected chi connectivity index (χ1v) is 6.31. The number of carbonyl (C=O) groups is 1. The third kappa shape index (κ3) is 1.27. The molecule has 0 amide bonds. The van der Waals surface area contributed by atoms with Gasteiger partial charge in [-0.15, -0.1) is 0 Å². The molecule has 0 aromatic rings. The zero-order chi connectivity index (χ0) is 11.4. The molecule has 0 aromatic carbocycles. The maximum Gasteiger partial charge on any atom is 0.311 e. The Kier molecular flexibility index (Phi) is 2.13. The van der Waals surface area contributed by atoms with Crippen molar-refractivity contribution in [3.05, 3.63) is 0 Å². The van der Waals surface area contributed by atoms with Gasteiger partial charge in [-0.3, -0.25) is 4.79 Å². The molecule has 2 unspecified atom stereocenters. The van der Waals surface area contributed by atoms with E-state index in [9.17, 15) is 9.90 Å². The lowest BCUT2D eigenvalue weighted by molar-refractivity contribution is -0.182. The van der Waals surface area contributed by atoms with Gasteiger partial charge in [-0.25, -0.2) is 0 Å². The minimum Gasteiger partial charge on any atom is -0.469 e. The van der Waals surface area contributed by atoms with Crippen LogP contribution in [0.2, 0.25) is 0 Å². The first-order valence-electron chi connectivity index (χ1n) is 6.31. The summed E-state index contributed by atoms with van der Waals surface area (Å²) in [5.41, 5.74) is -0.208. The zero-order valence-electron chi connectivity index (χ0n) is 9.87. The molecule has 0 aliphatic heterocycles. The summed E-state index contributed by atoms with van der Waals surface area (Å²) in [6, 6.07) is 0. The second-order valence-electron chi connectivity index (χ2n) is 6.39. The number of aliphatic hydroxyl groups excluding tert-OH is 1. The smallest absolute Gasteiger partial charge is 0.311 e. The van der Waals surface area contributed by atoms with E-state index in [0.717, 1.165) is 32.1 Å². The fourth-order valence-electron chi connectivity index (χ4n) is 5.09. The molecule has 0 aromatic heterocycles. The van der Waals surface area contributed by atoms with Crippen LogP contribution in [0.3, 0.4) is 0 Å². The molecule has 3 heteroatoms. The zero-order valence-corrected chi connectivity index (χ0v) is 9.87. The Morgan fingerprint density at radius 1 is 1.31 bits per heavy atom. The van der Waals surface area contributed by atoms with Crippen molar-refractivity contribution in [1.29, 1.82) is 0 Å². The van der Waals surface area contributed by atoms with Crippen LogP contribution in [-0.2, 0) is 9.53 Å². The van der Waals surface area contributed by atoms with Crippen LogP contribution in [0.15, 0.2) is 0 Å². The van der Waals surface area contributed by atoms with Crippen LogP contribution in [0.4, 0.5) is 0 Å². The summed E-state index contributed by atoms with van der Waals surface area (Å²) < 4.78 is 5.00. The highest BCUT2D eigenvalue weighted by Gasteiger charge is 2.60. The molecule has 4 saturated carbocycles. The van der Waals surface area contributed by atoms with E-state index in [0.29, 0.717) is 11.8 Å². The maximum absolute atomic E-state index is 12.0. The molecule has 4 aliphatic carbocycles. The number of esters is 1. The van der Waals surface area contributed by atoms with Gasteiger partial charge in [0.05, 0.1) is 12.5 Å². The van der Waals surface area contributed by atoms with Crippen molar-refractivity contribution in [3.8, 4) is 0 Å². The number of carbonyl (C=O) groups excluding carboxylic acids is 1. The predicted molar refractivity (Wildman–Crippen MR) is 58.6 cm³/mol. The Morgan fingerprint density at radius 2 is 1.94 bits per heavy atom. The van der Waals surface area contributed by atoms with E-state index >= 15 is 0 Å². The maximum atomic E-state index is 12.0. The van der Waals surface area contributed by atoms with Gasteiger partial charge < -0.3 is 9.84 Å². The SMILES string of the molecule is COC(=O)C12CC3CC(CC(CO)(C3)C1)C2. The lowest BCUT2D eigenvalue weighted by atomic mass is 9.44. The molecule has 0 saturated heterocycles. The summed E-state index contributed by atoms with van der Waals surface area (Å²) in [5, 5.41) is 9.65. The summed E-state index contributed by atoms with van der Waals surface area (Å²) in [4.78, 5) is 12.0. The van der Waals surface area contributed by atoms with Crippen LogP contribution in [-0.4, -0.2) is 24.8 Å². The Balaban J connectivity index is 1.95. The summed E-state index contributed by atoms with van der Waals surface area (Å²) in [6.45, 7) is 0.249. The normalized spacial score (nSPS) is 49.4. The lowest BCUT2D eigenvalue weighted by Gasteiger charge is -2.60. The van der Waals surface area contributed by atoms with Crippen LogP contribution in [0, 0.1) is 22.7 Å². The van der Waals surface area contributed by atoms with E-state index in [-0.39, 0.29) is 23.4 Å². The third-order valence-electron chi connectivity index (χ3n) is 5.14. The van der Waals surface area contributed by atoms with Gasteiger partial charge in [0.1, 0.15) is 0 Å². The van der Waals surface area contributed by atoms with Crippen LogP contribution in [0.5, 0.6) is 0 Å². The van der Waals surface area contributed by atoms with E-state index < -0.39 is 0 Å². The van der Waals surface area contributed by atoms with Gasteiger partial charge in [-0.1, -0.05) is 0 Å². The first kappa shape index (κ1) is 10.6. The average Bonchev–Trinajstić information content (AvgIpc) is 2.26. The highest BCUT2D eigenvalue weighted by atomic mass is 16.5. The van der Waals surface area contributed by atoms with Crippen molar-refractivity contribution < 1.29 is 14.6 Å². The highest BCUT2D eigenvalue weighted by molar-refractivity contribution is 5.77. The predicted octanol–water partition coefficient (Wildman–Crippen LogP) is 1.74. The molecule has 0 heterocycles. The van der Waals surface area contributed by atoms with E-state index in [1.54, 1.807) is 0 Å². The van der Waals surface area contributed by atoms with Crippen molar-refractivity contribution in [2.24, 2.45) is 22.7 Å². The van der Waals surface area contributed by atoms with Crippen molar-refractivity contribution in [2.45, 2.75) is 38.5 Å². The van der Waals surface area contributed by atoms with E-state index in [1.165, 1.54) is 13.5 Å². The molecule has 0 spiro atoms. The number of aliphatic hydroxyl groups is 1. The summed E-state index contributed by atoms with van der Waals surface area (Å²) in [6.07, 6.45) is 6.37. The molecule has 4 fully saturated rings. The molecule has 90 valence electrons. The van der Waals surface area contributed by atoms with Crippen molar-refractivity contribution in [1.82, 2.24) is 0 Å². The first-order chi connectivity index (χ1) is 7.61. The van der Waals surface area contributed by atoms with Gasteiger partial charge >= 0.3 is 5.97 Å². The summed E-state index contributed by atoms with van der Waals surface area (Å²) in [5.74, 6) is 1.26. The second-order valence-corrected chi connectivity index (χ2v) is 6.39. The Labute approximate surface area is 96.2 Å². The molecule has 3 nitrogen and oxygen atoms in total. The van der Waals surface area contributed by atoms with Gasteiger partial charge in [0, 0.05) is 6.61 Å². The number of hydrogen-bond acceptors (Lipinski definition) is 3. The van der Waals surface area contributed by atoms with Crippen LogP contribution in [0.1, 0.15) is 38.5 Å². The lowest BCUT2D eigenvalue weighted by Crippen LogP contribution is -2.56. The van der Waals surface area contributed by atoms with E-state index in [1.807, 2.05) is 0 Å². The molecule has 16 heavy (non-hydrogen) atoms. The molecular formula is C13H20O3. The Morgan fingerprint density at radius 3 is 2.44 bits per heavy atom. The van der Waals surface area contributed by atoms with Gasteiger partial charge in [0.25, 0.3) is 0 Å². The summed E-state index contributed by atoms with van der Waals surface area (Å²) in [7, 11) is 1.49. The fraction of sp³-hybridized carbons (Fsp3) is 0.923. The van der Waals surface area contributed by atoms with Gasteiger partial charge in [-0.05, 0) is 55.8 Å². The Bertz CT molecular complexity index is 309. The highest BCUT2D eigenvalue weighted by Crippen LogP contribution is 2.65. The molecule has 2 atom stereocenters. The third-order valence-corrected chi connectivity index (χ3v) is 5.14. The standard InChI is InChI=1S/C13H20O3/c1-16-11(15)13-5-9-2-10(6-13)4-12(3-9,7-13)8-14/h9-10,14H,2-8H2,1H3. The molecular weight excluding hydrogens is 204 g/mol.